The van der Waals surface area contributed by atoms with Crippen molar-refractivity contribution in [1.29, 1.82) is 0 Å². The number of benzene rings is 1. The standard InChI is InChI=1S/C16H18BrClN4.HI/c1-2-19-16(22-11-14-5-3-4-8-20-14)21-10-12-6-7-13(17)9-15(12)18;/h3-9H,2,10-11H2,1H3,(H2,19,21,22);1H. The molecule has 7 heteroatoms. The van der Waals surface area contributed by atoms with Gasteiger partial charge in [0.25, 0.3) is 0 Å². The molecule has 1 aromatic heterocycles. The smallest absolute Gasteiger partial charge is 0.191 e. The average molecular weight is 510 g/mol. The summed E-state index contributed by atoms with van der Waals surface area (Å²) in [6, 6.07) is 11.7. The zero-order valence-electron chi connectivity index (χ0n) is 12.7. The second-order valence-electron chi connectivity index (χ2n) is 4.61. The SMILES string of the molecule is CCNC(=NCc1ccc(Br)cc1Cl)NCc1ccccn1.I. The molecule has 4 nitrogen and oxygen atoms in total. The van der Waals surface area contributed by atoms with Crippen LogP contribution in [-0.4, -0.2) is 17.5 Å². The molecule has 0 fully saturated rings. The summed E-state index contributed by atoms with van der Waals surface area (Å²) in [5, 5.41) is 7.18. The third-order valence-electron chi connectivity index (χ3n) is 2.93. The van der Waals surface area contributed by atoms with Crippen LogP contribution < -0.4 is 10.6 Å². The minimum absolute atomic E-state index is 0. The summed E-state index contributed by atoms with van der Waals surface area (Å²) in [6.07, 6.45) is 1.78. The number of nitrogens with zero attached hydrogens (tertiary/aromatic N) is 2. The second kappa shape index (κ2) is 10.8. The molecular weight excluding hydrogens is 490 g/mol. The largest absolute Gasteiger partial charge is 0.357 e. The molecule has 0 radical (unpaired) electrons. The number of guanidine groups is 1. The predicted octanol–water partition coefficient (Wildman–Crippen LogP) is 4.37. The van der Waals surface area contributed by atoms with Gasteiger partial charge in [0, 0.05) is 22.2 Å². The molecule has 124 valence electrons. The lowest BCUT2D eigenvalue weighted by Gasteiger charge is -2.11. The Bertz CT molecular complexity index is 637. The number of nitrogens with one attached hydrogen (secondary N) is 2. The average Bonchev–Trinajstić information content (AvgIpc) is 2.52. The first kappa shape index (κ1) is 20.2. The van der Waals surface area contributed by atoms with E-state index in [1.165, 1.54) is 0 Å². The lowest BCUT2D eigenvalue weighted by Crippen LogP contribution is -2.37. The topological polar surface area (TPSA) is 49.3 Å². The van der Waals surface area contributed by atoms with Gasteiger partial charge in [0.2, 0.25) is 0 Å². The van der Waals surface area contributed by atoms with Gasteiger partial charge < -0.3 is 10.6 Å². The molecule has 2 rings (SSSR count). The van der Waals surface area contributed by atoms with Gasteiger partial charge in [0.1, 0.15) is 0 Å². The lowest BCUT2D eigenvalue weighted by molar-refractivity contribution is 0.799. The number of hydrogen-bond donors (Lipinski definition) is 2. The maximum atomic E-state index is 6.21. The highest BCUT2D eigenvalue weighted by Gasteiger charge is 2.02. The first-order valence-corrected chi connectivity index (χ1v) is 8.22. The van der Waals surface area contributed by atoms with Crippen LogP contribution in [0.15, 0.2) is 52.1 Å². The number of aromatic nitrogens is 1. The highest BCUT2D eigenvalue weighted by Crippen LogP contribution is 2.21. The van der Waals surface area contributed by atoms with Crippen LogP contribution in [0.4, 0.5) is 0 Å². The second-order valence-corrected chi connectivity index (χ2v) is 5.93. The number of rotatable bonds is 5. The van der Waals surface area contributed by atoms with E-state index >= 15 is 0 Å². The zero-order chi connectivity index (χ0) is 15.8. The Morgan fingerprint density at radius 1 is 1.26 bits per heavy atom. The van der Waals surface area contributed by atoms with E-state index in [0.717, 1.165) is 28.2 Å². The minimum Gasteiger partial charge on any atom is -0.357 e. The third-order valence-corrected chi connectivity index (χ3v) is 3.78. The summed E-state index contributed by atoms with van der Waals surface area (Å²) in [5.41, 5.74) is 1.95. The number of pyridine rings is 1. The summed E-state index contributed by atoms with van der Waals surface area (Å²) in [6.45, 7) is 3.97. The van der Waals surface area contributed by atoms with Gasteiger partial charge in [0.05, 0.1) is 18.8 Å². The maximum absolute atomic E-state index is 6.21. The van der Waals surface area contributed by atoms with Gasteiger partial charge in [-0.15, -0.1) is 24.0 Å². The minimum atomic E-state index is 0. The fourth-order valence-electron chi connectivity index (χ4n) is 1.83. The number of aliphatic imine (C=N–C) groups is 1. The van der Waals surface area contributed by atoms with Crippen LogP contribution in [0.5, 0.6) is 0 Å². The van der Waals surface area contributed by atoms with Crippen LogP contribution in [0.3, 0.4) is 0 Å². The van der Waals surface area contributed by atoms with E-state index in [9.17, 15) is 0 Å². The number of halogens is 3. The summed E-state index contributed by atoms with van der Waals surface area (Å²) in [4.78, 5) is 8.84. The third kappa shape index (κ3) is 7.05. The van der Waals surface area contributed by atoms with Crippen LogP contribution >= 0.6 is 51.5 Å². The van der Waals surface area contributed by atoms with Gasteiger partial charge >= 0.3 is 0 Å². The fourth-order valence-corrected chi connectivity index (χ4v) is 2.57. The Labute approximate surface area is 167 Å². The lowest BCUT2D eigenvalue weighted by atomic mass is 10.2. The van der Waals surface area contributed by atoms with E-state index < -0.39 is 0 Å². The predicted molar refractivity (Wildman–Crippen MR) is 110 cm³/mol. The van der Waals surface area contributed by atoms with E-state index in [2.05, 4.69) is 36.5 Å². The van der Waals surface area contributed by atoms with Crippen LogP contribution in [-0.2, 0) is 13.1 Å². The van der Waals surface area contributed by atoms with E-state index in [1.54, 1.807) is 6.20 Å². The maximum Gasteiger partial charge on any atom is 0.191 e. The van der Waals surface area contributed by atoms with Crippen molar-refractivity contribution in [1.82, 2.24) is 15.6 Å². The summed E-state index contributed by atoms with van der Waals surface area (Å²) in [5.74, 6) is 0.743. The van der Waals surface area contributed by atoms with Crippen molar-refractivity contribution in [2.75, 3.05) is 6.54 Å². The Balaban J connectivity index is 0.00000264. The van der Waals surface area contributed by atoms with E-state index in [1.807, 2.05) is 43.3 Å². The molecule has 1 aromatic carbocycles. The fraction of sp³-hybridized carbons (Fsp3) is 0.250. The van der Waals surface area contributed by atoms with Crippen molar-refractivity contribution in [3.63, 3.8) is 0 Å². The van der Waals surface area contributed by atoms with Crippen molar-refractivity contribution in [3.8, 4) is 0 Å². The van der Waals surface area contributed by atoms with E-state index in [-0.39, 0.29) is 24.0 Å². The Morgan fingerprint density at radius 2 is 2.09 bits per heavy atom. The molecule has 0 bridgehead atoms. The van der Waals surface area contributed by atoms with Crippen LogP contribution in [0, 0.1) is 0 Å². The van der Waals surface area contributed by atoms with Gasteiger partial charge in [0.15, 0.2) is 5.96 Å². The van der Waals surface area contributed by atoms with Crippen LogP contribution in [0.1, 0.15) is 18.2 Å². The molecule has 0 saturated heterocycles. The van der Waals surface area contributed by atoms with Gasteiger partial charge in [-0.1, -0.05) is 39.7 Å². The van der Waals surface area contributed by atoms with E-state index in [4.69, 9.17) is 11.6 Å². The molecule has 0 amide bonds. The molecular formula is C16H19BrClIN4. The van der Waals surface area contributed by atoms with Crippen LogP contribution in [0.2, 0.25) is 5.02 Å². The molecule has 2 N–H and O–H groups in total. The van der Waals surface area contributed by atoms with Gasteiger partial charge in [-0.05, 0) is 36.8 Å². The quantitative estimate of drug-likeness (QED) is 0.358. The molecule has 0 aliphatic rings. The Morgan fingerprint density at radius 3 is 2.74 bits per heavy atom. The van der Waals surface area contributed by atoms with Gasteiger partial charge in [-0.25, -0.2) is 4.99 Å². The van der Waals surface area contributed by atoms with Gasteiger partial charge in [-0.2, -0.15) is 0 Å². The molecule has 0 saturated carbocycles. The Kier molecular flexibility index (Phi) is 9.50. The first-order chi connectivity index (χ1) is 10.7. The van der Waals surface area contributed by atoms with Crippen molar-refractivity contribution >= 4 is 57.5 Å². The highest BCUT2D eigenvalue weighted by molar-refractivity contribution is 14.0. The Hall–Kier alpha value is -0.860. The summed E-state index contributed by atoms with van der Waals surface area (Å²) >= 11 is 9.61. The highest BCUT2D eigenvalue weighted by atomic mass is 127. The molecule has 1 heterocycles. The normalized spacial score (nSPS) is 10.8. The van der Waals surface area contributed by atoms with Crippen molar-refractivity contribution in [2.24, 2.45) is 4.99 Å². The molecule has 0 spiro atoms. The molecule has 23 heavy (non-hydrogen) atoms. The van der Waals surface area contributed by atoms with Crippen molar-refractivity contribution in [3.05, 3.63) is 63.3 Å². The van der Waals surface area contributed by atoms with E-state index in [0.29, 0.717) is 18.1 Å². The molecule has 2 aromatic rings. The molecule has 0 aliphatic heterocycles. The number of hydrogen-bond acceptors (Lipinski definition) is 2. The van der Waals surface area contributed by atoms with Crippen molar-refractivity contribution in [2.45, 2.75) is 20.0 Å². The first-order valence-electron chi connectivity index (χ1n) is 7.05. The van der Waals surface area contributed by atoms with Gasteiger partial charge in [-0.3, -0.25) is 4.98 Å². The molecule has 0 unspecified atom stereocenters. The zero-order valence-corrected chi connectivity index (χ0v) is 17.4. The molecule has 0 atom stereocenters. The van der Waals surface area contributed by atoms with Crippen LogP contribution in [0.25, 0.3) is 0 Å². The van der Waals surface area contributed by atoms with Crippen molar-refractivity contribution < 1.29 is 0 Å². The summed E-state index contributed by atoms with van der Waals surface area (Å²) in [7, 11) is 0. The summed E-state index contributed by atoms with van der Waals surface area (Å²) < 4.78 is 0.963. The monoisotopic (exact) mass is 508 g/mol. The molecule has 0 aliphatic carbocycles.